The highest BCUT2D eigenvalue weighted by molar-refractivity contribution is 6.05. The minimum absolute atomic E-state index is 0.0444. The van der Waals surface area contributed by atoms with Crippen LogP contribution in [-0.2, 0) is 14.3 Å². The lowest BCUT2D eigenvalue weighted by Crippen LogP contribution is -2.30. The molecule has 2 aromatic rings. The molecule has 0 aliphatic carbocycles. The predicted octanol–water partition coefficient (Wildman–Crippen LogP) is 3.31. The molecule has 0 radical (unpaired) electrons. The van der Waals surface area contributed by atoms with E-state index >= 15 is 0 Å². The summed E-state index contributed by atoms with van der Waals surface area (Å²) in [4.78, 5) is 54.1. The number of esters is 1. The van der Waals surface area contributed by atoms with Crippen LogP contribution in [0, 0.1) is 26.7 Å². The molecule has 1 aliphatic rings. The molecule has 2 atom stereocenters. The number of anilines is 1. The van der Waals surface area contributed by atoms with Gasteiger partial charge in [-0.3, -0.25) is 19.2 Å². The van der Waals surface area contributed by atoms with Crippen molar-refractivity contribution in [3.63, 3.8) is 0 Å². The number of hydrogen-bond donors (Lipinski definition) is 1. The van der Waals surface area contributed by atoms with Crippen molar-refractivity contribution in [2.45, 2.75) is 47.1 Å². The van der Waals surface area contributed by atoms with Gasteiger partial charge in [-0.2, -0.15) is 0 Å². The van der Waals surface area contributed by atoms with Crippen molar-refractivity contribution >= 4 is 29.1 Å². The number of aromatic amines is 1. The van der Waals surface area contributed by atoms with E-state index in [2.05, 4.69) is 4.98 Å². The minimum Gasteiger partial charge on any atom is -0.454 e. The van der Waals surface area contributed by atoms with E-state index in [4.69, 9.17) is 4.74 Å². The molecule has 1 aromatic carbocycles. The van der Waals surface area contributed by atoms with Crippen LogP contribution in [0.5, 0.6) is 0 Å². The molecule has 0 saturated carbocycles. The largest absolute Gasteiger partial charge is 0.454 e. The Morgan fingerprint density at radius 3 is 2.33 bits per heavy atom. The van der Waals surface area contributed by atoms with Crippen molar-refractivity contribution in [3.8, 4) is 0 Å². The maximum absolute atomic E-state index is 12.8. The molecule has 0 spiro atoms. The fraction of sp³-hybridized carbons (Fsp3) is 0.391. The average molecular weight is 410 g/mol. The van der Waals surface area contributed by atoms with Crippen molar-refractivity contribution in [1.82, 2.24) is 4.98 Å². The average Bonchev–Trinajstić information content (AvgIpc) is 3.21. The first-order valence-corrected chi connectivity index (χ1v) is 9.92. The second kappa shape index (κ2) is 8.26. The molecule has 0 unspecified atom stereocenters. The summed E-state index contributed by atoms with van der Waals surface area (Å²) in [6.07, 6.45) is -0.986. The van der Waals surface area contributed by atoms with Crippen LogP contribution in [0.3, 0.4) is 0 Å². The Kier molecular flexibility index (Phi) is 5.92. The number of benzene rings is 1. The van der Waals surface area contributed by atoms with Crippen LogP contribution in [0.25, 0.3) is 0 Å². The number of amides is 1. The van der Waals surface area contributed by atoms with Crippen LogP contribution < -0.4 is 4.90 Å². The number of ether oxygens (including phenoxy) is 1. The molecule has 7 heteroatoms. The van der Waals surface area contributed by atoms with Gasteiger partial charge < -0.3 is 14.6 Å². The molecule has 3 rings (SSSR count). The van der Waals surface area contributed by atoms with Gasteiger partial charge in [0.1, 0.15) is 0 Å². The van der Waals surface area contributed by atoms with E-state index in [9.17, 15) is 19.2 Å². The molecule has 0 bridgehead atoms. The molecule has 1 saturated heterocycles. The number of aromatic nitrogens is 1. The van der Waals surface area contributed by atoms with E-state index in [0.29, 0.717) is 16.8 Å². The third-order valence-electron chi connectivity index (χ3n) is 5.50. The molecule has 30 heavy (non-hydrogen) atoms. The first-order chi connectivity index (χ1) is 14.1. The van der Waals surface area contributed by atoms with Gasteiger partial charge in [-0.05, 0) is 52.3 Å². The summed E-state index contributed by atoms with van der Waals surface area (Å²) in [5.41, 5.74) is 3.72. The summed E-state index contributed by atoms with van der Waals surface area (Å²) in [5.74, 6) is -1.90. The van der Waals surface area contributed by atoms with E-state index in [1.165, 1.54) is 13.8 Å². The van der Waals surface area contributed by atoms with Crippen LogP contribution in [-0.4, -0.2) is 41.1 Å². The van der Waals surface area contributed by atoms with Crippen LogP contribution in [0.15, 0.2) is 24.3 Å². The van der Waals surface area contributed by atoms with Gasteiger partial charge in [-0.25, -0.2) is 0 Å². The Labute approximate surface area is 175 Å². The van der Waals surface area contributed by atoms with Crippen LogP contribution in [0.4, 0.5) is 5.69 Å². The molecule has 1 amide bonds. The van der Waals surface area contributed by atoms with Gasteiger partial charge in [0, 0.05) is 29.9 Å². The van der Waals surface area contributed by atoms with Gasteiger partial charge in [0.15, 0.2) is 11.9 Å². The fourth-order valence-electron chi connectivity index (χ4n) is 3.89. The molecular weight excluding hydrogens is 384 g/mol. The van der Waals surface area contributed by atoms with Gasteiger partial charge in [-0.1, -0.05) is 17.7 Å². The summed E-state index contributed by atoms with van der Waals surface area (Å²) in [5, 5.41) is 0. The number of ketones is 2. The number of nitrogens with one attached hydrogen (secondary N) is 1. The lowest BCUT2D eigenvalue weighted by atomic mass is 10.0. The number of carbonyl (C=O) groups is 4. The Balaban J connectivity index is 1.68. The Morgan fingerprint density at radius 2 is 1.77 bits per heavy atom. The summed E-state index contributed by atoms with van der Waals surface area (Å²) < 4.78 is 5.39. The molecular formula is C23H26N2O5. The number of hydrogen-bond acceptors (Lipinski definition) is 5. The second-order valence-electron chi connectivity index (χ2n) is 7.87. The van der Waals surface area contributed by atoms with Crippen molar-refractivity contribution in [1.29, 1.82) is 0 Å². The van der Waals surface area contributed by atoms with Crippen LogP contribution in [0.2, 0.25) is 0 Å². The van der Waals surface area contributed by atoms with Gasteiger partial charge in [0.2, 0.25) is 11.7 Å². The van der Waals surface area contributed by atoms with Gasteiger partial charge in [0.05, 0.1) is 11.6 Å². The second-order valence-corrected chi connectivity index (χ2v) is 7.87. The summed E-state index contributed by atoms with van der Waals surface area (Å²) in [6.45, 7) is 8.53. The Bertz CT molecular complexity index is 1020. The first-order valence-electron chi connectivity index (χ1n) is 9.92. The third kappa shape index (κ3) is 4.06. The lowest BCUT2D eigenvalue weighted by molar-refractivity contribution is -0.151. The van der Waals surface area contributed by atoms with Crippen molar-refractivity contribution in [3.05, 3.63) is 52.3 Å². The maximum atomic E-state index is 12.8. The zero-order valence-electron chi connectivity index (χ0n) is 17.9. The quantitative estimate of drug-likeness (QED) is 0.582. The number of Topliss-reactive ketones (excluding diaryl/α,β-unsaturated/α-hetero) is 2. The number of H-pyrrole nitrogens is 1. The SMILES string of the molecule is CC(=O)c1c(C)[nH]c(C(=O)[C@H](C)OC(=O)[C@@H]2CC(=O)N(c3ccc(C)cc3)C2)c1C. The van der Waals surface area contributed by atoms with Crippen LogP contribution in [0.1, 0.15) is 57.9 Å². The molecule has 1 aromatic heterocycles. The Hall–Kier alpha value is -3.22. The first kappa shape index (κ1) is 21.5. The molecule has 1 N–H and O–H groups in total. The smallest absolute Gasteiger partial charge is 0.312 e. The van der Waals surface area contributed by atoms with Gasteiger partial charge >= 0.3 is 5.97 Å². The summed E-state index contributed by atoms with van der Waals surface area (Å²) >= 11 is 0. The van der Waals surface area contributed by atoms with Crippen LogP contribution >= 0.6 is 0 Å². The molecule has 7 nitrogen and oxygen atoms in total. The molecule has 1 aliphatic heterocycles. The van der Waals surface area contributed by atoms with Crippen molar-refractivity contribution < 1.29 is 23.9 Å². The minimum atomic E-state index is -1.03. The lowest BCUT2D eigenvalue weighted by Gasteiger charge is -2.18. The number of aryl methyl sites for hydroxylation is 2. The summed E-state index contributed by atoms with van der Waals surface area (Å²) in [6, 6.07) is 7.50. The highest BCUT2D eigenvalue weighted by Crippen LogP contribution is 2.27. The van der Waals surface area contributed by atoms with E-state index in [1.54, 1.807) is 18.7 Å². The highest BCUT2D eigenvalue weighted by atomic mass is 16.5. The van der Waals surface area contributed by atoms with E-state index < -0.39 is 23.8 Å². The molecule has 1 fully saturated rings. The van der Waals surface area contributed by atoms with E-state index in [-0.39, 0.29) is 30.3 Å². The number of nitrogens with zero attached hydrogens (tertiary/aromatic N) is 1. The standard InChI is InChI=1S/C23H26N2O5/c1-12-6-8-18(9-7-12)25-11-17(10-19(25)27)23(29)30-16(5)22(28)21-13(2)20(15(4)26)14(3)24-21/h6-9,16-17,24H,10-11H2,1-5H3/t16-,17+/m0/s1. The zero-order chi connectivity index (χ0) is 22.2. The molecule has 2 heterocycles. The van der Waals surface area contributed by atoms with E-state index in [0.717, 1.165) is 11.3 Å². The van der Waals surface area contributed by atoms with E-state index in [1.807, 2.05) is 31.2 Å². The van der Waals surface area contributed by atoms with Crippen molar-refractivity contribution in [2.75, 3.05) is 11.4 Å². The van der Waals surface area contributed by atoms with Crippen molar-refractivity contribution in [2.24, 2.45) is 5.92 Å². The number of rotatable bonds is 6. The predicted molar refractivity (Wildman–Crippen MR) is 112 cm³/mol. The zero-order valence-corrected chi connectivity index (χ0v) is 17.9. The maximum Gasteiger partial charge on any atom is 0.312 e. The highest BCUT2D eigenvalue weighted by Gasteiger charge is 2.37. The third-order valence-corrected chi connectivity index (χ3v) is 5.50. The number of carbonyl (C=O) groups excluding carboxylic acids is 4. The fourth-order valence-corrected chi connectivity index (χ4v) is 3.89. The normalized spacial score (nSPS) is 17.2. The monoisotopic (exact) mass is 410 g/mol. The molecule has 158 valence electrons. The van der Waals surface area contributed by atoms with Gasteiger partial charge in [-0.15, -0.1) is 0 Å². The van der Waals surface area contributed by atoms with Gasteiger partial charge in [0.25, 0.3) is 0 Å². The summed E-state index contributed by atoms with van der Waals surface area (Å²) in [7, 11) is 0. The Morgan fingerprint density at radius 1 is 1.13 bits per heavy atom. The topological polar surface area (TPSA) is 96.5 Å².